The van der Waals surface area contributed by atoms with Crippen LogP contribution in [0.1, 0.15) is 0 Å². The molecule has 68 valence electrons. The SMILES string of the molecule is Nc1ccn(C=CC(=O)O)c(=O)n1. The molecule has 6 nitrogen and oxygen atoms in total. The van der Waals surface area contributed by atoms with E-state index in [2.05, 4.69) is 4.98 Å². The number of aromatic nitrogens is 2. The second-order valence-corrected chi connectivity index (χ2v) is 2.20. The van der Waals surface area contributed by atoms with Crippen molar-refractivity contribution < 1.29 is 9.90 Å². The van der Waals surface area contributed by atoms with Crippen LogP contribution in [0.5, 0.6) is 0 Å². The van der Waals surface area contributed by atoms with Gasteiger partial charge in [-0.05, 0) is 6.07 Å². The van der Waals surface area contributed by atoms with Gasteiger partial charge in [-0.3, -0.25) is 4.57 Å². The first kappa shape index (κ1) is 8.98. The molecule has 0 saturated carbocycles. The zero-order valence-electron chi connectivity index (χ0n) is 6.54. The molecule has 1 aromatic heterocycles. The van der Waals surface area contributed by atoms with Crippen molar-refractivity contribution in [3.8, 4) is 0 Å². The van der Waals surface area contributed by atoms with E-state index in [0.29, 0.717) is 0 Å². The smallest absolute Gasteiger partial charge is 0.353 e. The fraction of sp³-hybridized carbons (Fsp3) is 0. The minimum atomic E-state index is -1.14. The van der Waals surface area contributed by atoms with Gasteiger partial charge in [0.25, 0.3) is 0 Å². The summed E-state index contributed by atoms with van der Waals surface area (Å²) in [6.45, 7) is 0. The fourth-order valence-electron chi connectivity index (χ4n) is 0.683. The molecule has 1 aromatic rings. The number of nitrogens with two attached hydrogens (primary N) is 1. The Morgan fingerprint density at radius 2 is 2.38 bits per heavy atom. The third-order valence-corrected chi connectivity index (χ3v) is 1.23. The van der Waals surface area contributed by atoms with Gasteiger partial charge >= 0.3 is 11.7 Å². The van der Waals surface area contributed by atoms with Gasteiger partial charge < -0.3 is 10.8 Å². The van der Waals surface area contributed by atoms with Crippen molar-refractivity contribution in [2.75, 3.05) is 5.73 Å². The molecule has 0 aliphatic carbocycles. The van der Waals surface area contributed by atoms with Crippen molar-refractivity contribution in [2.45, 2.75) is 0 Å². The topological polar surface area (TPSA) is 98.2 Å². The Hall–Kier alpha value is -2.11. The number of nitrogen functional groups attached to an aromatic ring is 1. The molecule has 0 aliphatic heterocycles. The van der Waals surface area contributed by atoms with Crippen molar-refractivity contribution in [1.29, 1.82) is 0 Å². The molecule has 0 amide bonds. The van der Waals surface area contributed by atoms with Crippen LogP contribution in [0.25, 0.3) is 6.20 Å². The summed E-state index contributed by atoms with van der Waals surface area (Å²) in [5.74, 6) is -1.03. The van der Waals surface area contributed by atoms with Gasteiger partial charge in [0, 0.05) is 18.5 Å². The Labute approximate surface area is 72.9 Å². The molecule has 1 rings (SSSR count). The molecule has 0 atom stereocenters. The number of anilines is 1. The molecule has 13 heavy (non-hydrogen) atoms. The van der Waals surface area contributed by atoms with Gasteiger partial charge in [-0.2, -0.15) is 4.98 Å². The maximum Gasteiger partial charge on any atom is 0.353 e. The third-order valence-electron chi connectivity index (χ3n) is 1.23. The highest BCUT2D eigenvalue weighted by Crippen LogP contribution is 1.89. The lowest BCUT2D eigenvalue weighted by Crippen LogP contribution is -2.19. The molecule has 0 saturated heterocycles. The monoisotopic (exact) mass is 181 g/mol. The molecule has 6 heteroatoms. The van der Waals surface area contributed by atoms with Gasteiger partial charge in [0.05, 0.1) is 0 Å². The van der Waals surface area contributed by atoms with Crippen molar-refractivity contribution in [3.63, 3.8) is 0 Å². The number of aliphatic carboxylic acids is 1. The molecular formula is C7H7N3O3. The second-order valence-electron chi connectivity index (χ2n) is 2.20. The number of carboxylic acids is 1. The van der Waals surface area contributed by atoms with Crippen molar-refractivity contribution in [2.24, 2.45) is 0 Å². The standard InChI is InChI=1S/C7H7N3O3/c8-5-1-3-10(7(13)9-5)4-2-6(11)12/h1-4H,(H,11,12)(H2,8,9,13). The van der Waals surface area contributed by atoms with Gasteiger partial charge in [-0.1, -0.05) is 0 Å². The van der Waals surface area contributed by atoms with Crippen LogP contribution in [-0.2, 0) is 4.79 Å². The summed E-state index contributed by atoms with van der Waals surface area (Å²) in [7, 11) is 0. The lowest BCUT2D eigenvalue weighted by Gasteiger charge is -1.95. The maximum atomic E-state index is 11.0. The van der Waals surface area contributed by atoms with E-state index < -0.39 is 11.7 Å². The third kappa shape index (κ3) is 2.44. The predicted molar refractivity (Wildman–Crippen MR) is 45.9 cm³/mol. The molecular weight excluding hydrogens is 174 g/mol. The zero-order chi connectivity index (χ0) is 9.84. The molecule has 0 spiro atoms. The number of nitrogens with zero attached hydrogens (tertiary/aromatic N) is 2. The van der Waals surface area contributed by atoms with E-state index in [1.165, 1.54) is 12.3 Å². The van der Waals surface area contributed by atoms with E-state index in [9.17, 15) is 9.59 Å². The molecule has 0 aliphatic rings. The highest BCUT2D eigenvalue weighted by atomic mass is 16.4. The van der Waals surface area contributed by atoms with Crippen LogP contribution in [0, 0.1) is 0 Å². The summed E-state index contributed by atoms with van der Waals surface area (Å²) in [6.07, 6.45) is 3.26. The Morgan fingerprint density at radius 3 is 2.92 bits per heavy atom. The molecule has 0 unspecified atom stereocenters. The fourth-order valence-corrected chi connectivity index (χ4v) is 0.683. The van der Waals surface area contributed by atoms with Gasteiger partial charge in [0.1, 0.15) is 5.82 Å². The first-order chi connectivity index (χ1) is 6.09. The van der Waals surface area contributed by atoms with Crippen LogP contribution >= 0.6 is 0 Å². The van der Waals surface area contributed by atoms with E-state index in [1.807, 2.05) is 0 Å². The zero-order valence-corrected chi connectivity index (χ0v) is 6.54. The van der Waals surface area contributed by atoms with Gasteiger partial charge in [-0.25, -0.2) is 9.59 Å². The summed E-state index contributed by atoms with van der Waals surface area (Å²) in [5.41, 5.74) is 4.61. The molecule has 1 heterocycles. The minimum Gasteiger partial charge on any atom is -0.478 e. The highest BCUT2D eigenvalue weighted by molar-refractivity contribution is 5.82. The van der Waals surface area contributed by atoms with Crippen molar-refractivity contribution in [1.82, 2.24) is 9.55 Å². The maximum absolute atomic E-state index is 11.0. The average Bonchev–Trinajstić information content (AvgIpc) is 2.02. The first-order valence-corrected chi connectivity index (χ1v) is 3.35. The average molecular weight is 181 g/mol. The minimum absolute atomic E-state index is 0.102. The van der Waals surface area contributed by atoms with E-state index in [1.54, 1.807) is 0 Å². The predicted octanol–water partition coefficient (Wildman–Crippen LogP) is -0.619. The quantitative estimate of drug-likeness (QED) is 0.592. The Balaban J connectivity index is 3.04. The summed E-state index contributed by atoms with van der Waals surface area (Å²) < 4.78 is 1.02. The highest BCUT2D eigenvalue weighted by Gasteiger charge is 1.93. The molecule has 0 aromatic carbocycles. The lowest BCUT2D eigenvalue weighted by molar-refractivity contribution is -0.131. The number of hydrogen-bond acceptors (Lipinski definition) is 4. The van der Waals surface area contributed by atoms with Crippen molar-refractivity contribution in [3.05, 3.63) is 28.8 Å². The second kappa shape index (κ2) is 3.53. The summed E-state index contributed by atoms with van der Waals surface area (Å²) in [4.78, 5) is 24.5. The van der Waals surface area contributed by atoms with Crippen LogP contribution in [0.2, 0.25) is 0 Å². The van der Waals surface area contributed by atoms with Crippen LogP contribution in [0.4, 0.5) is 5.82 Å². The summed E-state index contributed by atoms with van der Waals surface area (Å²) in [6, 6.07) is 1.40. The number of carbonyl (C=O) groups is 1. The number of carboxylic acid groups (broad SMARTS) is 1. The van der Waals surface area contributed by atoms with E-state index in [0.717, 1.165) is 16.8 Å². The van der Waals surface area contributed by atoms with Crippen LogP contribution < -0.4 is 11.4 Å². The number of rotatable bonds is 2. The van der Waals surface area contributed by atoms with Gasteiger partial charge in [0.2, 0.25) is 0 Å². The molecule has 0 fully saturated rings. The van der Waals surface area contributed by atoms with Crippen molar-refractivity contribution >= 4 is 18.0 Å². The van der Waals surface area contributed by atoms with Crippen LogP contribution in [0.3, 0.4) is 0 Å². The molecule has 3 N–H and O–H groups in total. The Bertz CT molecular complexity index is 408. The van der Waals surface area contributed by atoms with E-state index in [-0.39, 0.29) is 5.82 Å². The lowest BCUT2D eigenvalue weighted by atomic mass is 10.5. The number of hydrogen-bond donors (Lipinski definition) is 2. The Kier molecular flexibility index (Phi) is 2.44. The molecule has 0 bridgehead atoms. The first-order valence-electron chi connectivity index (χ1n) is 3.35. The van der Waals surface area contributed by atoms with E-state index in [4.69, 9.17) is 10.8 Å². The van der Waals surface area contributed by atoms with Gasteiger partial charge in [0.15, 0.2) is 0 Å². The van der Waals surface area contributed by atoms with Gasteiger partial charge in [-0.15, -0.1) is 0 Å². The van der Waals surface area contributed by atoms with Crippen LogP contribution in [-0.4, -0.2) is 20.6 Å². The summed E-state index contributed by atoms with van der Waals surface area (Å²) >= 11 is 0. The van der Waals surface area contributed by atoms with Crippen LogP contribution in [0.15, 0.2) is 23.1 Å². The Morgan fingerprint density at radius 1 is 1.69 bits per heavy atom. The molecule has 0 radical (unpaired) electrons. The largest absolute Gasteiger partial charge is 0.478 e. The van der Waals surface area contributed by atoms with E-state index >= 15 is 0 Å². The normalized spacial score (nSPS) is 10.5. The summed E-state index contributed by atoms with van der Waals surface area (Å²) in [5, 5.41) is 8.27.